The van der Waals surface area contributed by atoms with Crippen LogP contribution < -0.4 is 10.6 Å². The van der Waals surface area contributed by atoms with Gasteiger partial charge in [0.25, 0.3) is 5.91 Å². The van der Waals surface area contributed by atoms with Crippen molar-refractivity contribution in [2.24, 2.45) is 5.92 Å². The third-order valence-corrected chi connectivity index (χ3v) is 4.37. The highest BCUT2D eigenvalue weighted by atomic mass is 19.3. The van der Waals surface area contributed by atoms with Crippen LogP contribution in [0.25, 0.3) is 0 Å². The number of amides is 2. The van der Waals surface area contributed by atoms with Gasteiger partial charge in [-0.15, -0.1) is 6.42 Å². The maximum atomic E-state index is 13.2. The van der Waals surface area contributed by atoms with Gasteiger partial charge in [-0.25, -0.2) is 8.78 Å². The van der Waals surface area contributed by atoms with E-state index in [4.69, 9.17) is 6.42 Å². The Labute approximate surface area is 152 Å². The normalized spacial score (nSPS) is 17.2. The van der Waals surface area contributed by atoms with E-state index in [1.807, 2.05) is 0 Å². The van der Waals surface area contributed by atoms with Crippen molar-refractivity contribution in [2.45, 2.75) is 57.4 Å². The fourth-order valence-electron chi connectivity index (χ4n) is 2.79. The van der Waals surface area contributed by atoms with Crippen LogP contribution in [0, 0.1) is 18.3 Å². The molecule has 1 aliphatic rings. The highest BCUT2D eigenvalue weighted by Gasteiger charge is 2.35. The zero-order valence-electron chi connectivity index (χ0n) is 14.9. The molecule has 0 saturated heterocycles. The molecule has 140 valence electrons. The third kappa shape index (κ3) is 5.80. The molecule has 0 unspecified atom stereocenters. The van der Waals surface area contributed by atoms with Crippen molar-refractivity contribution in [2.75, 3.05) is 5.32 Å². The summed E-state index contributed by atoms with van der Waals surface area (Å²) in [4.78, 5) is 28.3. The average Bonchev–Trinajstić information content (AvgIpc) is 2.56. The molecule has 2 rings (SSSR count). The van der Waals surface area contributed by atoms with Crippen molar-refractivity contribution >= 4 is 17.5 Å². The molecule has 0 spiro atoms. The summed E-state index contributed by atoms with van der Waals surface area (Å²) in [6.45, 7) is 3.37. The summed E-state index contributed by atoms with van der Waals surface area (Å²) in [6, 6.07) is 3.02. The van der Waals surface area contributed by atoms with Gasteiger partial charge in [-0.1, -0.05) is 5.92 Å². The zero-order valence-corrected chi connectivity index (χ0v) is 14.9. The second-order valence-corrected chi connectivity index (χ2v) is 7.20. The number of anilines is 1. The molecule has 0 atom stereocenters. The number of pyridine rings is 1. The Morgan fingerprint density at radius 3 is 2.65 bits per heavy atom. The van der Waals surface area contributed by atoms with Crippen molar-refractivity contribution in [1.29, 1.82) is 0 Å². The van der Waals surface area contributed by atoms with Crippen LogP contribution in [-0.4, -0.2) is 28.3 Å². The van der Waals surface area contributed by atoms with Gasteiger partial charge in [0.05, 0.1) is 5.54 Å². The first-order valence-electron chi connectivity index (χ1n) is 8.54. The van der Waals surface area contributed by atoms with E-state index in [0.29, 0.717) is 18.5 Å². The number of nitrogens with one attached hydrogen (secondary N) is 2. The number of alkyl halides is 2. The lowest BCUT2D eigenvalue weighted by atomic mass is 9.84. The summed E-state index contributed by atoms with van der Waals surface area (Å²) < 4.78 is 26.3. The highest BCUT2D eigenvalue weighted by molar-refractivity contribution is 5.96. The summed E-state index contributed by atoms with van der Waals surface area (Å²) >= 11 is 0. The minimum absolute atomic E-state index is 0.0457. The Morgan fingerprint density at radius 2 is 2.04 bits per heavy atom. The number of rotatable bonds is 5. The Morgan fingerprint density at radius 1 is 1.38 bits per heavy atom. The second kappa shape index (κ2) is 7.81. The van der Waals surface area contributed by atoms with Crippen LogP contribution in [0.1, 0.15) is 56.4 Å². The van der Waals surface area contributed by atoms with Crippen molar-refractivity contribution in [3.05, 3.63) is 24.0 Å². The molecule has 0 aromatic carbocycles. The highest BCUT2D eigenvalue weighted by Crippen LogP contribution is 2.37. The Hall–Kier alpha value is -2.49. The first kappa shape index (κ1) is 19.8. The molecule has 0 bridgehead atoms. The Bertz CT molecular complexity index is 716. The van der Waals surface area contributed by atoms with Crippen molar-refractivity contribution in [3.63, 3.8) is 0 Å². The van der Waals surface area contributed by atoms with Crippen molar-refractivity contribution < 1.29 is 18.4 Å². The van der Waals surface area contributed by atoms with Gasteiger partial charge in [0, 0.05) is 31.1 Å². The summed E-state index contributed by atoms with van der Waals surface area (Å²) in [7, 11) is 0. The summed E-state index contributed by atoms with van der Waals surface area (Å²) in [5, 5.41) is 5.35. The number of halogens is 2. The van der Waals surface area contributed by atoms with Crippen LogP contribution in [0.15, 0.2) is 18.3 Å². The fraction of sp³-hybridized carbons (Fsp3) is 0.526. The van der Waals surface area contributed by atoms with E-state index in [2.05, 4.69) is 21.5 Å². The van der Waals surface area contributed by atoms with Crippen LogP contribution >= 0.6 is 0 Å². The molecule has 1 heterocycles. The molecule has 0 aliphatic heterocycles. The molecule has 0 radical (unpaired) electrons. The molecule has 26 heavy (non-hydrogen) atoms. The van der Waals surface area contributed by atoms with E-state index in [1.165, 1.54) is 12.3 Å². The first-order chi connectivity index (χ1) is 12.1. The van der Waals surface area contributed by atoms with Gasteiger partial charge in [-0.05, 0) is 44.7 Å². The Balaban J connectivity index is 1.93. The van der Waals surface area contributed by atoms with Gasteiger partial charge in [0.1, 0.15) is 5.69 Å². The van der Waals surface area contributed by atoms with Gasteiger partial charge < -0.3 is 10.6 Å². The lowest BCUT2D eigenvalue weighted by molar-refractivity contribution is -0.118. The molecule has 7 heteroatoms. The SMILES string of the molecule is C#CC(C)(C)NC(=O)c1cc(NC(=O)CC2CCC(F)(F)CC2)ccn1. The summed E-state index contributed by atoms with van der Waals surface area (Å²) in [5.74, 6) is -0.901. The predicted molar refractivity (Wildman–Crippen MR) is 94.8 cm³/mol. The van der Waals surface area contributed by atoms with E-state index in [1.54, 1.807) is 19.9 Å². The number of carbonyl (C=O) groups excluding carboxylic acids is 2. The molecular weight excluding hydrogens is 340 g/mol. The minimum atomic E-state index is -2.60. The monoisotopic (exact) mass is 363 g/mol. The molecule has 1 aromatic rings. The predicted octanol–water partition coefficient (Wildman–Crippen LogP) is 3.38. The maximum absolute atomic E-state index is 13.2. The number of aromatic nitrogens is 1. The smallest absolute Gasteiger partial charge is 0.271 e. The average molecular weight is 363 g/mol. The van der Waals surface area contributed by atoms with E-state index < -0.39 is 17.4 Å². The van der Waals surface area contributed by atoms with Gasteiger partial charge in [0.15, 0.2) is 0 Å². The molecule has 2 amide bonds. The van der Waals surface area contributed by atoms with Gasteiger partial charge in [-0.2, -0.15) is 0 Å². The van der Waals surface area contributed by atoms with E-state index in [9.17, 15) is 18.4 Å². The lowest BCUT2D eigenvalue weighted by Gasteiger charge is -2.27. The molecule has 1 saturated carbocycles. The van der Waals surface area contributed by atoms with Crippen LogP contribution in [0.3, 0.4) is 0 Å². The van der Waals surface area contributed by atoms with Crippen molar-refractivity contribution in [3.8, 4) is 12.3 Å². The van der Waals surface area contributed by atoms with E-state index in [0.717, 1.165) is 0 Å². The number of hydrogen-bond donors (Lipinski definition) is 2. The van der Waals surface area contributed by atoms with E-state index in [-0.39, 0.29) is 36.8 Å². The number of carbonyl (C=O) groups is 2. The van der Waals surface area contributed by atoms with Crippen LogP contribution in [0.5, 0.6) is 0 Å². The third-order valence-electron chi connectivity index (χ3n) is 4.37. The number of terminal acetylenes is 1. The summed E-state index contributed by atoms with van der Waals surface area (Å²) in [6.07, 6.45) is 7.28. The van der Waals surface area contributed by atoms with Crippen LogP contribution in [0.4, 0.5) is 14.5 Å². The topological polar surface area (TPSA) is 71.1 Å². The summed E-state index contributed by atoms with van der Waals surface area (Å²) in [5.41, 5.74) is -0.264. The first-order valence-corrected chi connectivity index (χ1v) is 8.54. The number of nitrogens with zero attached hydrogens (tertiary/aromatic N) is 1. The van der Waals surface area contributed by atoms with E-state index >= 15 is 0 Å². The zero-order chi connectivity index (χ0) is 19.4. The molecule has 2 N–H and O–H groups in total. The molecule has 1 aromatic heterocycles. The Kier molecular flexibility index (Phi) is 5.96. The fourth-order valence-corrected chi connectivity index (χ4v) is 2.79. The quantitative estimate of drug-likeness (QED) is 0.788. The molecule has 5 nitrogen and oxygen atoms in total. The van der Waals surface area contributed by atoms with Gasteiger partial charge in [0.2, 0.25) is 11.8 Å². The molecule has 1 fully saturated rings. The van der Waals surface area contributed by atoms with Gasteiger partial charge >= 0.3 is 0 Å². The lowest BCUT2D eigenvalue weighted by Crippen LogP contribution is -2.42. The van der Waals surface area contributed by atoms with Crippen LogP contribution in [-0.2, 0) is 4.79 Å². The van der Waals surface area contributed by atoms with Gasteiger partial charge in [-0.3, -0.25) is 14.6 Å². The molecular formula is C19H23F2N3O2. The maximum Gasteiger partial charge on any atom is 0.271 e. The largest absolute Gasteiger partial charge is 0.335 e. The molecule has 1 aliphatic carbocycles. The minimum Gasteiger partial charge on any atom is -0.335 e. The van der Waals surface area contributed by atoms with Crippen molar-refractivity contribution in [1.82, 2.24) is 10.3 Å². The second-order valence-electron chi connectivity index (χ2n) is 7.20. The standard InChI is InChI=1S/C19H23F2N3O2/c1-4-18(2,3)24-17(26)15-12-14(7-10-22-15)23-16(25)11-13-5-8-19(20,21)9-6-13/h1,7,10,12-13H,5-6,8-9,11H2,2-3H3,(H,24,26)(H,22,23,25). The van der Waals surface area contributed by atoms with Crippen LogP contribution in [0.2, 0.25) is 0 Å². The number of hydrogen-bond acceptors (Lipinski definition) is 3.